The molecule has 0 aromatic rings. The Balaban J connectivity index is 1.64. The molecule has 0 radical (unpaired) electrons. The fourth-order valence-electron chi connectivity index (χ4n) is 1.32. The average Bonchev–Trinajstić information content (AvgIpc) is 2.78. The number of aliphatic hydroxyl groups excluding tert-OH is 1. The van der Waals surface area contributed by atoms with E-state index in [1.807, 2.05) is 13.8 Å². The Bertz CT molecular complexity index is 206. The van der Waals surface area contributed by atoms with Gasteiger partial charge in [-0.3, -0.25) is 5.32 Å². The standard InChI is InChI=1S/C8H15NO3S/c1-8(2,13)5-6(12-5)9-3-4-7(10)11-4/h4-7,9-10,13H,3H2,1-2H3. The molecule has 2 rings (SSSR count). The SMILES string of the molecule is CC(C)(S)C1OC1NCC1OC1O. The van der Waals surface area contributed by atoms with Crippen LogP contribution in [0.4, 0.5) is 0 Å². The minimum atomic E-state index is -0.575. The Kier molecular flexibility index (Phi) is 2.32. The van der Waals surface area contributed by atoms with E-state index in [1.54, 1.807) is 0 Å². The molecule has 2 heterocycles. The molecule has 13 heavy (non-hydrogen) atoms. The summed E-state index contributed by atoms with van der Waals surface area (Å²) in [5.74, 6) is 0. The van der Waals surface area contributed by atoms with Crippen LogP contribution in [0.3, 0.4) is 0 Å². The molecule has 2 fully saturated rings. The van der Waals surface area contributed by atoms with Gasteiger partial charge in [-0.1, -0.05) is 0 Å². The zero-order valence-corrected chi connectivity index (χ0v) is 8.62. The highest BCUT2D eigenvalue weighted by molar-refractivity contribution is 7.81. The Morgan fingerprint density at radius 1 is 1.46 bits per heavy atom. The lowest BCUT2D eigenvalue weighted by Gasteiger charge is -2.12. The molecule has 0 amide bonds. The van der Waals surface area contributed by atoms with Crippen molar-refractivity contribution in [1.29, 1.82) is 0 Å². The third-order valence-corrected chi connectivity index (χ3v) is 2.52. The molecule has 0 bridgehead atoms. The summed E-state index contributed by atoms with van der Waals surface area (Å²) in [5.41, 5.74) is 0. The van der Waals surface area contributed by atoms with E-state index in [2.05, 4.69) is 17.9 Å². The van der Waals surface area contributed by atoms with Crippen LogP contribution in [0, 0.1) is 0 Å². The lowest BCUT2D eigenvalue weighted by molar-refractivity contribution is 0.156. The molecule has 0 aliphatic carbocycles. The molecular formula is C8H15NO3S. The lowest BCUT2D eigenvalue weighted by Crippen LogP contribution is -2.31. The first-order valence-electron chi connectivity index (χ1n) is 4.43. The summed E-state index contributed by atoms with van der Waals surface area (Å²) in [4.78, 5) is 0. The fourth-order valence-corrected chi connectivity index (χ4v) is 1.52. The minimum absolute atomic E-state index is 0.0483. The highest BCUT2D eigenvalue weighted by Gasteiger charge is 2.49. The van der Waals surface area contributed by atoms with Gasteiger partial charge in [0.05, 0.1) is 0 Å². The molecule has 0 spiro atoms. The van der Waals surface area contributed by atoms with Gasteiger partial charge in [0.1, 0.15) is 18.4 Å². The highest BCUT2D eigenvalue weighted by atomic mass is 32.1. The van der Waals surface area contributed by atoms with Crippen LogP contribution in [-0.2, 0) is 9.47 Å². The van der Waals surface area contributed by atoms with Crippen LogP contribution in [0.1, 0.15) is 13.8 Å². The number of aliphatic hydroxyl groups is 1. The zero-order valence-electron chi connectivity index (χ0n) is 7.73. The van der Waals surface area contributed by atoms with Gasteiger partial charge in [-0.05, 0) is 13.8 Å². The topological polar surface area (TPSA) is 57.3 Å². The predicted molar refractivity (Wildman–Crippen MR) is 50.6 cm³/mol. The summed E-state index contributed by atoms with van der Waals surface area (Å²) in [6, 6.07) is 0. The molecule has 0 aromatic carbocycles. The van der Waals surface area contributed by atoms with E-state index in [-0.39, 0.29) is 23.2 Å². The number of ether oxygens (including phenoxy) is 2. The molecule has 2 aliphatic heterocycles. The number of rotatable bonds is 4. The predicted octanol–water partition coefficient (Wildman–Crippen LogP) is -0.274. The van der Waals surface area contributed by atoms with E-state index >= 15 is 0 Å². The van der Waals surface area contributed by atoms with Gasteiger partial charge in [0.15, 0.2) is 6.29 Å². The quantitative estimate of drug-likeness (QED) is 0.437. The van der Waals surface area contributed by atoms with Crippen LogP contribution < -0.4 is 5.32 Å². The number of hydrogen-bond acceptors (Lipinski definition) is 5. The monoisotopic (exact) mass is 205 g/mol. The van der Waals surface area contributed by atoms with Crippen LogP contribution in [0.5, 0.6) is 0 Å². The van der Waals surface area contributed by atoms with Crippen LogP contribution in [-0.4, -0.2) is 41.1 Å². The summed E-state index contributed by atoms with van der Waals surface area (Å²) < 4.78 is 10.1. The largest absolute Gasteiger partial charge is 0.366 e. The number of epoxide rings is 2. The first kappa shape index (κ1) is 9.73. The molecule has 4 atom stereocenters. The molecule has 4 unspecified atom stereocenters. The van der Waals surface area contributed by atoms with Crippen LogP contribution in [0.2, 0.25) is 0 Å². The van der Waals surface area contributed by atoms with E-state index < -0.39 is 6.29 Å². The van der Waals surface area contributed by atoms with Crippen molar-refractivity contribution in [2.45, 2.75) is 43.3 Å². The molecular weight excluding hydrogens is 190 g/mol. The fraction of sp³-hybridized carbons (Fsp3) is 1.00. The maximum Gasteiger partial charge on any atom is 0.183 e. The molecule has 0 saturated carbocycles. The second kappa shape index (κ2) is 3.10. The third kappa shape index (κ3) is 2.35. The van der Waals surface area contributed by atoms with Crippen molar-refractivity contribution in [2.75, 3.05) is 6.54 Å². The first-order chi connectivity index (χ1) is 5.98. The van der Waals surface area contributed by atoms with Gasteiger partial charge in [0.2, 0.25) is 0 Å². The molecule has 5 heteroatoms. The van der Waals surface area contributed by atoms with Gasteiger partial charge < -0.3 is 14.6 Å². The van der Waals surface area contributed by atoms with E-state index in [1.165, 1.54) is 0 Å². The Hall–Kier alpha value is 0.190. The van der Waals surface area contributed by atoms with Crippen molar-refractivity contribution in [1.82, 2.24) is 5.32 Å². The van der Waals surface area contributed by atoms with Crippen LogP contribution >= 0.6 is 12.6 Å². The second-order valence-electron chi connectivity index (χ2n) is 4.10. The van der Waals surface area contributed by atoms with Crippen molar-refractivity contribution >= 4 is 12.6 Å². The highest BCUT2D eigenvalue weighted by Crippen LogP contribution is 2.35. The van der Waals surface area contributed by atoms with Crippen LogP contribution in [0.25, 0.3) is 0 Å². The zero-order chi connectivity index (χ0) is 9.64. The van der Waals surface area contributed by atoms with E-state index in [0.717, 1.165) is 0 Å². The van der Waals surface area contributed by atoms with Crippen molar-refractivity contribution < 1.29 is 14.6 Å². The average molecular weight is 205 g/mol. The molecule has 2 aliphatic rings. The molecule has 2 saturated heterocycles. The summed E-state index contributed by atoms with van der Waals surface area (Å²) in [7, 11) is 0. The summed E-state index contributed by atoms with van der Waals surface area (Å²) in [6.07, 6.45) is -0.391. The van der Waals surface area contributed by atoms with Crippen molar-refractivity contribution in [3.63, 3.8) is 0 Å². The van der Waals surface area contributed by atoms with Gasteiger partial charge in [-0.15, -0.1) is 0 Å². The van der Waals surface area contributed by atoms with Gasteiger partial charge in [-0.25, -0.2) is 0 Å². The van der Waals surface area contributed by atoms with E-state index in [0.29, 0.717) is 6.54 Å². The van der Waals surface area contributed by atoms with Crippen molar-refractivity contribution in [3.05, 3.63) is 0 Å². The smallest absolute Gasteiger partial charge is 0.183 e. The maximum absolute atomic E-state index is 8.87. The Morgan fingerprint density at radius 2 is 2.08 bits per heavy atom. The van der Waals surface area contributed by atoms with E-state index in [4.69, 9.17) is 14.6 Å². The molecule has 76 valence electrons. The van der Waals surface area contributed by atoms with E-state index in [9.17, 15) is 0 Å². The van der Waals surface area contributed by atoms with Gasteiger partial charge in [-0.2, -0.15) is 12.6 Å². The normalized spacial score (nSPS) is 43.4. The summed E-state index contributed by atoms with van der Waals surface area (Å²) >= 11 is 4.40. The lowest BCUT2D eigenvalue weighted by atomic mass is 10.1. The molecule has 0 aromatic heterocycles. The number of thiol groups is 1. The Labute approximate surface area is 83.0 Å². The van der Waals surface area contributed by atoms with Gasteiger partial charge >= 0.3 is 0 Å². The number of nitrogens with one attached hydrogen (secondary N) is 1. The van der Waals surface area contributed by atoms with Gasteiger partial charge in [0.25, 0.3) is 0 Å². The first-order valence-corrected chi connectivity index (χ1v) is 4.88. The second-order valence-corrected chi connectivity index (χ2v) is 5.26. The molecule has 4 nitrogen and oxygen atoms in total. The Morgan fingerprint density at radius 3 is 2.46 bits per heavy atom. The summed E-state index contributed by atoms with van der Waals surface area (Å²) in [6.45, 7) is 4.68. The van der Waals surface area contributed by atoms with Crippen molar-refractivity contribution in [2.24, 2.45) is 0 Å². The third-order valence-electron chi connectivity index (χ3n) is 2.26. The maximum atomic E-state index is 8.87. The number of hydrogen-bond donors (Lipinski definition) is 3. The van der Waals surface area contributed by atoms with Crippen molar-refractivity contribution in [3.8, 4) is 0 Å². The van der Waals surface area contributed by atoms with Crippen LogP contribution in [0.15, 0.2) is 0 Å². The summed E-state index contributed by atoms with van der Waals surface area (Å²) in [5, 5.41) is 12.0. The molecule has 2 N–H and O–H groups in total. The minimum Gasteiger partial charge on any atom is -0.366 e. The van der Waals surface area contributed by atoms with Gasteiger partial charge in [0, 0.05) is 11.3 Å².